The molecule has 1 saturated carbocycles. The third-order valence-electron chi connectivity index (χ3n) is 4.92. The van der Waals surface area contributed by atoms with Gasteiger partial charge in [-0.1, -0.05) is 31.2 Å². The molecule has 0 aromatic heterocycles. The van der Waals surface area contributed by atoms with Crippen LogP contribution in [0, 0.1) is 11.8 Å². The van der Waals surface area contributed by atoms with Gasteiger partial charge in [-0.15, -0.1) is 0 Å². The number of ether oxygens (including phenoxy) is 1. The lowest BCUT2D eigenvalue weighted by atomic mass is 9.90. The van der Waals surface area contributed by atoms with Crippen LogP contribution in [0.1, 0.15) is 51.9 Å². The van der Waals surface area contributed by atoms with E-state index in [1.54, 1.807) is 6.08 Å². The smallest absolute Gasteiger partial charge is 0.105 e. The van der Waals surface area contributed by atoms with Gasteiger partial charge in [0.1, 0.15) is 6.10 Å². The summed E-state index contributed by atoms with van der Waals surface area (Å²) in [7, 11) is 0. The van der Waals surface area contributed by atoms with Crippen molar-refractivity contribution >= 4 is 5.97 Å². The Kier molecular flexibility index (Phi) is 7.72. The minimum absolute atomic E-state index is 0.00849. The number of aliphatic carboxylic acids is 1. The molecule has 0 bridgehead atoms. The van der Waals surface area contributed by atoms with Gasteiger partial charge in [0.25, 0.3) is 0 Å². The van der Waals surface area contributed by atoms with E-state index in [1.807, 2.05) is 24.3 Å². The first-order valence-electron chi connectivity index (χ1n) is 9.26. The van der Waals surface area contributed by atoms with Gasteiger partial charge in [0.05, 0.1) is 18.0 Å². The highest BCUT2D eigenvalue weighted by Gasteiger charge is 2.46. The van der Waals surface area contributed by atoms with Gasteiger partial charge >= 0.3 is 0 Å². The molecule has 0 aromatic rings. The second-order valence-electron chi connectivity index (χ2n) is 6.91. The van der Waals surface area contributed by atoms with E-state index in [0.717, 1.165) is 18.6 Å². The number of carboxylic acid groups (broad SMARTS) is 1. The van der Waals surface area contributed by atoms with Gasteiger partial charge in [0.15, 0.2) is 0 Å². The largest absolute Gasteiger partial charge is 0.550 e. The number of fused-ring (bicyclic) bond motifs is 1. The van der Waals surface area contributed by atoms with E-state index in [2.05, 4.69) is 6.92 Å². The molecule has 0 amide bonds. The predicted octanol–water partition coefficient (Wildman–Crippen LogP) is 1.85. The second kappa shape index (κ2) is 9.78. The molecule has 4 unspecified atom stereocenters. The molecule has 25 heavy (non-hydrogen) atoms. The first-order chi connectivity index (χ1) is 12.0. The number of aliphatic hydroxyl groups excluding tert-OH is 2. The third kappa shape index (κ3) is 6.01. The van der Waals surface area contributed by atoms with E-state index in [0.29, 0.717) is 25.7 Å². The van der Waals surface area contributed by atoms with Gasteiger partial charge in [0, 0.05) is 30.6 Å². The Bertz CT molecular complexity index is 522. The number of hydrogen-bond acceptors (Lipinski definition) is 5. The zero-order chi connectivity index (χ0) is 18.2. The molecular weight excluding hydrogens is 320 g/mol. The lowest BCUT2D eigenvalue weighted by Gasteiger charge is -2.15. The van der Waals surface area contributed by atoms with Crippen molar-refractivity contribution in [2.45, 2.75) is 70.2 Å². The molecule has 0 spiro atoms. The van der Waals surface area contributed by atoms with Gasteiger partial charge in [0.2, 0.25) is 0 Å². The number of hydrogen-bond donors (Lipinski definition) is 2. The summed E-state index contributed by atoms with van der Waals surface area (Å²) < 4.78 is 5.91. The van der Waals surface area contributed by atoms with Crippen molar-refractivity contribution < 1.29 is 24.9 Å². The van der Waals surface area contributed by atoms with Crippen molar-refractivity contribution in [1.82, 2.24) is 0 Å². The average molecular weight is 349 g/mol. The molecule has 5 atom stereocenters. The minimum atomic E-state index is -1.02. The van der Waals surface area contributed by atoms with Crippen LogP contribution in [-0.4, -0.2) is 34.5 Å². The minimum Gasteiger partial charge on any atom is -0.550 e. The number of aliphatic hydroxyl groups is 2. The SMILES string of the molecule is CC/C=C\CC(O)/C=C/[C@H]1C(O)CC2O/C(=C\CCCC(=O)[O-])CC21. The molecule has 2 rings (SSSR count). The van der Waals surface area contributed by atoms with Gasteiger partial charge in [-0.25, -0.2) is 0 Å². The lowest BCUT2D eigenvalue weighted by Crippen LogP contribution is -2.21. The van der Waals surface area contributed by atoms with Crippen LogP contribution in [0.3, 0.4) is 0 Å². The summed E-state index contributed by atoms with van der Waals surface area (Å²) >= 11 is 0. The van der Waals surface area contributed by atoms with Crippen molar-refractivity contribution in [2.24, 2.45) is 11.8 Å². The molecule has 5 heteroatoms. The highest BCUT2D eigenvalue weighted by molar-refractivity contribution is 5.64. The van der Waals surface area contributed by atoms with Crippen LogP contribution in [-0.2, 0) is 9.53 Å². The molecule has 2 N–H and O–H groups in total. The third-order valence-corrected chi connectivity index (χ3v) is 4.92. The van der Waals surface area contributed by atoms with Crippen LogP contribution in [0.4, 0.5) is 0 Å². The molecule has 2 fully saturated rings. The van der Waals surface area contributed by atoms with E-state index < -0.39 is 18.2 Å². The predicted molar refractivity (Wildman–Crippen MR) is 93.2 cm³/mol. The fourth-order valence-electron chi connectivity index (χ4n) is 3.63. The highest BCUT2D eigenvalue weighted by atomic mass is 16.5. The normalized spacial score (nSPS) is 31.7. The van der Waals surface area contributed by atoms with Crippen LogP contribution in [0.2, 0.25) is 0 Å². The summed E-state index contributed by atoms with van der Waals surface area (Å²) in [4.78, 5) is 10.4. The summed E-state index contributed by atoms with van der Waals surface area (Å²) in [6.45, 7) is 2.05. The Hall–Kier alpha value is -1.59. The summed E-state index contributed by atoms with van der Waals surface area (Å²) in [5, 5.41) is 30.7. The number of rotatable bonds is 9. The van der Waals surface area contributed by atoms with Crippen molar-refractivity contribution in [3.8, 4) is 0 Å². The molecule has 140 valence electrons. The Morgan fingerprint density at radius 3 is 2.96 bits per heavy atom. The Morgan fingerprint density at radius 1 is 1.44 bits per heavy atom. The number of carboxylic acids is 1. The van der Waals surface area contributed by atoms with Crippen molar-refractivity contribution in [1.29, 1.82) is 0 Å². The Labute approximate surface area is 149 Å². The summed E-state index contributed by atoms with van der Waals surface area (Å²) in [5.74, 6) is 0.0781. The van der Waals surface area contributed by atoms with E-state index >= 15 is 0 Å². The molecule has 5 nitrogen and oxygen atoms in total. The monoisotopic (exact) mass is 349 g/mol. The molecule has 1 aliphatic carbocycles. The summed E-state index contributed by atoms with van der Waals surface area (Å²) in [5.41, 5.74) is 0. The molecular formula is C20H29O5-. The topological polar surface area (TPSA) is 89.8 Å². The van der Waals surface area contributed by atoms with Crippen LogP contribution < -0.4 is 5.11 Å². The standard InChI is InChI=1S/C20H30O5/c1-2-3-4-7-14(21)10-11-16-17-12-15(8-5-6-9-20(23)24)25-19(17)13-18(16)22/h3-4,8,10-11,14,16-19,21-22H,2,5-7,9,12-13H2,1H3,(H,23,24)/p-1/b4-3-,11-10+,15-8-/t14?,16-,17?,18?,19?/m1/s1. The van der Waals surface area contributed by atoms with Crippen LogP contribution in [0.15, 0.2) is 36.1 Å². The first-order valence-corrected chi connectivity index (χ1v) is 9.26. The van der Waals surface area contributed by atoms with E-state index in [9.17, 15) is 20.1 Å². The highest BCUT2D eigenvalue weighted by Crippen LogP contribution is 2.45. The molecule has 1 saturated heterocycles. The van der Waals surface area contributed by atoms with E-state index in [4.69, 9.17) is 4.74 Å². The van der Waals surface area contributed by atoms with E-state index in [1.165, 1.54) is 0 Å². The maximum absolute atomic E-state index is 10.4. The summed E-state index contributed by atoms with van der Waals surface area (Å²) in [6.07, 6.45) is 12.9. The first kappa shape index (κ1) is 19.7. The lowest BCUT2D eigenvalue weighted by molar-refractivity contribution is -0.305. The van der Waals surface area contributed by atoms with E-state index in [-0.39, 0.29) is 24.4 Å². The number of carbonyl (C=O) groups excluding carboxylic acids is 1. The second-order valence-corrected chi connectivity index (χ2v) is 6.91. The number of carbonyl (C=O) groups is 1. The van der Waals surface area contributed by atoms with Crippen LogP contribution in [0.5, 0.6) is 0 Å². The number of unbranched alkanes of at least 4 members (excludes halogenated alkanes) is 1. The Morgan fingerprint density at radius 2 is 2.24 bits per heavy atom. The van der Waals surface area contributed by atoms with Crippen molar-refractivity contribution in [3.05, 3.63) is 36.1 Å². The van der Waals surface area contributed by atoms with Gasteiger partial charge in [-0.2, -0.15) is 0 Å². The van der Waals surface area contributed by atoms with Gasteiger partial charge in [-0.05, 0) is 38.2 Å². The molecule has 1 aliphatic heterocycles. The van der Waals surface area contributed by atoms with Gasteiger partial charge in [-0.3, -0.25) is 0 Å². The molecule has 1 heterocycles. The Balaban J connectivity index is 1.86. The quantitative estimate of drug-likeness (QED) is 0.490. The summed E-state index contributed by atoms with van der Waals surface area (Å²) in [6, 6.07) is 0. The fraction of sp³-hybridized carbons (Fsp3) is 0.650. The average Bonchev–Trinajstić information content (AvgIpc) is 3.06. The van der Waals surface area contributed by atoms with Gasteiger partial charge < -0.3 is 24.9 Å². The maximum Gasteiger partial charge on any atom is 0.105 e. The zero-order valence-electron chi connectivity index (χ0n) is 14.8. The van der Waals surface area contributed by atoms with Crippen molar-refractivity contribution in [3.63, 3.8) is 0 Å². The fourth-order valence-corrected chi connectivity index (χ4v) is 3.63. The molecule has 0 aromatic carbocycles. The van der Waals surface area contributed by atoms with Crippen LogP contribution in [0.25, 0.3) is 0 Å². The number of allylic oxidation sites excluding steroid dienone is 3. The molecule has 0 radical (unpaired) electrons. The maximum atomic E-state index is 10.4. The zero-order valence-corrected chi connectivity index (χ0v) is 14.8. The van der Waals surface area contributed by atoms with Crippen LogP contribution >= 0.6 is 0 Å². The molecule has 2 aliphatic rings. The van der Waals surface area contributed by atoms with Crippen molar-refractivity contribution in [2.75, 3.05) is 0 Å².